The molecule has 1 aliphatic rings. The number of carbonyl (C=O) groups excluding carboxylic acids is 1. The van der Waals surface area contributed by atoms with Gasteiger partial charge in [-0.05, 0) is 60.7 Å². The van der Waals surface area contributed by atoms with Crippen molar-refractivity contribution < 1.29 is 9.53 Å². The van der Waals surface area contributed by atoms with E-state index in [1.54, 1.807) is 23.1 Å². The summed E-state index contributed by atoms with van der Waals surface area (Å²) in [6.45, 7) is 1.80. The molecule has 6 nitrogen and oxygen atoms in total. The van der Waals surface area contributed by atoms with Crippen LogP contribution < -0.4 is 15.0 Å². The maximum absolute atomic E-state index is 13.3. The van der Waals surface area contributed by atoms with Gasteiger partial charge in [-0.3, -0.25) is 4.79 Å². The predicted molar refractivity (Wildman–Crippen MR) is 133 cm³/mol. The Hall–Kier alpha value is -3.58. The molecular weight excluding hydrogens is 432 g/mol. The van der Waals surface area contributed by atoms with Crippen molar-refractivity contribution in [2.45, 2.75) is 18.9 Å². The van der Waals surface area contributed by atoms with Gasteiger partial charge in [-0.15, -0.1) is 11.3 Å². The molecule has 3 heterocycles. The molecule has 168 valence electrons. The lowest BCUT2D eigenvalue weighted by Crippen LogP contribution is -2.44. The third-order valence-corrected chi connectivity index (χ3v) is 6.88. The van der Waals surface area contributed by atoms with E-state index in [1.807, 2.05) is 66.2 Å². The van der Waals surface area contributed by atoms with Gasteiger partial charge in [0, 0.05) is 31.0 Å². The van der Waals surface area contributed by atoms with E-state index < -0.39 is 0 Å². The fraction of sp³-hybridized carbons (Fsp3) is 0.231. The van der Waals surface area contributed by atoms with E-state index in [0.717, 1.165) is 47.9 Å². The molecule has 0 saturated carbocycles. The number of nitrogens with zero attached hydrogens (tertiary/aromatic N) is 3. The molecule has 0 radical (unpaired) electrons. The number of rotatable bonds is 6. The van der Waals surface area contributed by atoms with Gasteiger partial charge in [-0.1, -0.05) is 24.3 Å². The number of thiophene rings is 1. The number of nitrogens with one attached hydrogen (secondary N) is 1. The number of hydrogen-bond acceptors (Lipinski definition) is 5. The number of anilines is 1. The first-order valence-electron chi connectivity index (χ1n) is 11.1. The van der Waals surface area contributed by atoms with Crippen LogP contribution in [0.5, 0.6) is 5.75 Å². The number of amides is 1. The van der Waals surface area contributed by atoms with Crippen LogP contribution in [-0.4, -0.2) is 41.9 Å². The molecule has 5 rings (SSSR count). The normalized spacial score (nSPS) is 14.3. The molecule has 0 aliphatic carbocycles. The van der Waals surface area contributed by atoms with Crippen molar-refractivity contribution in [2.24, 2.45) is 0 Å². The minimum Gasteiger partial charge on any atom is -0.497 e. The Morgan fingerprint density at radius 3 is 2.42 bits per heavy atom. The van der Waals surface area contributed by atoms with Gasteiger partial charge in [0.15, 0.2) is 0 Å². The molecule has 7 heteroatoms. The number of methoxy groups -OCH3 is 1. The summed E-state index contributed by atoms with van der Waals surface area (Å²) in [5, 5.41) is 10.0. The van der Waals surface area contributed by atoms with Crippen molar-refractivity contribution in [1.82, 2.24) is 15.1 Å². The smallest absolute Gasteiger partial charge is 0.255 e. The van der Waals surface area contributed by atoms with Gasteiger partial charge in [0.1, 0.15) is 11.4 Å². The van der Waals surface area contributed by atoms with E-state index in [0.29, 0.717) is 5.56 Å². The highest BCUT2D eigenvalue weighted by atomic mass is 32.1. The van der Waals surface area contributed by atoms with Crippen molar-refractivity contribution >= 4 is 22.9 Å². The zero-order chi connectivity index (χ0) is 22.6. The maximum atomic E-state index is 13.3. The first kappa shape index (κ1) is 21.3. The first-order chi connectivity index (χ1) is 16.2. The number of carbonyl (C=O) groups is 1. The number of hydrogen-bond donors (Lipinski definition) is 1. The van der Waals surface area contributed by atoms with Gasteiger partial charge in [0.25, 0.3) is 5.91 Å². The molecule has 2 aromatic carbocycles. The topological polar surface area (TPSA) is 59.4 Å². The summed E-state index contributed by atoms with van der Waals surface area (Å²) in [7, 11) is 1.68. The third kappa shape index (κ3) is 4.64. The second kappa shape index (κ2) is 9.50. The Kier molecular flexibility index (Phi) is 6.13. The highest BCUT2D eigenvalue weighted by molar-refractivity contribution is 7.13. The molecule has 0 bridgehead atoms. The van der Waals surface area contributed by atoms with Crippen LogP contribution in [0.3, 0.4) is 0 Å². The molecule has 1 aliphatic heterocycles. The van der Waals surface area contributed by atoms with Crippen LogP contribution in [-0.2, 0) is 0 Å². The van der Waals surface area contributed by atoms with E-state index in [4.69, 9.17) is 9.84 Å². The lowest BCUT2D eigenvalue weighted by Gasteiger charge is -2.34. The van der Waals surface area contributed by atoms with Crippen LogP contribution in [0.25, 0.3) is 16.3 Å². The van der Waals surface area contributed by atoms with Crippen LogP contribution in [0.1, 0.15) is 23.2 Å². The number of benzene rings is 2. The summed E-state index contributed by atoms with van der Waals surface area (Å²) < 4.78 is 7.04. The third-order valence-electron chi connectivity index (χ3n) is 6.00. The van der Waals surface area contributed by atoms with Crippen molar-refractivity contribution in [1.29, 1.82) is 0 Å². The second-order valence-electron chi connectivity index (χ2n) is 8.08. The molecule has 4 aromatic rings. The highest BCUT2D eigenvalue weighted by Crippen LogP contribution is 2.28. The maximum Gasteiger partial charge on any atom is 0.255 e. The minimum absolute atomic E-state index is 0.0662. The molecule has 1 fully saturated rings. The van der Waals surface area contributed by atoms with Crippen molar-refractivity contribution in [3.8, 4) is 22.0 Å². The average molecular weight is 459 g/mol. The van der Waals surface area contributed by atoms with E-state index in [9.17, 15) is 4.79 Å². The van der Waals surface area contributed by atoms with Crippen molar-refractivity contribution in [3.05, 3.63) is 83.9 Å². The van der Waals surface area contributed by atoms with Gasteiger partial charge < -0.3 is 15.0 Å². The molecule has 0 spiro atoms. The van der Waals surface area contributed by atoms with E-state index >= 15 is 0 Å². The number of aromatic nitrogens is 2. The fourth-order valence-corrected chi connectivity index (χ4v) is 4.91. The standard InChI is InChI=1S/C26H26N4O2S/c1-32-22-11-9-20(10-12-22)29-15-13-19(14-16-29)27-26(31)23-18-30(21-6-3-2-4-7-21)28-25(23)24-8-5-17-33-24/h2-12,17-19H,13-16H2,1H3,(H,27,31). The zero-order valence-corrected chi connectivity index (χ0v) is 19.3. The Bertz CT molecular complexity index is 1200. The molecule has 0 atom stereocenters. The van der Waals surface area contributed by atoms with Crippen LogP contribution in [0, 0.1) is 0 Å². The Morgan fingerprint density at radius 1 is 1.00 bits per heavy atom. The summed E-state index contributed by atoms with van der Waals surface area (Å²) in [5.41, 5.74) is 3.45. The number of para-hydroxylation sites is 1. The molecule has 0 unspecified atom stereocenters. The predicted octanol–water partition coefficient (Wildman–Crippen LogP) is 5.01. The molecule has 2 aromatic heterocycles. The Balaban J connectivity index is 1.29. The van der Waals surface area contributed by atoms with E-state index in [1.165, 1.54) is 5.69 Å². The largest absolute Gasteiger partial charge is 0.497 e. The van der Waals surface area contributed by atoms with E-state index in [2.05, 4.69) is 22.3 Å². The zero-order valence-electron chi connectivity index (χ0n) is 18.5. The average Bonchev–Trinajstić information content (AvgIpc) is 3.55. The fourth-order valence-electron chi connectivity index (χ4n) is 4.19. The summed E-state index contributed by atoms with van der Waals surface area (Å²) in [6.07, 6.45) is 3.64. The molecule has 1 saturated heterocycles. The Labute approximate surface area is 197 Å². The van der Waals surface area contributed by atoms with Gasteiger partial charge >= 0.3 is 0 Å². The molecule has 1 amide bonds. The summed E-state index contributed by atoms with van der Waals surface area (Å²) in [6, 6.07) is 22.2. The van der Waals surface area contributed by atoms with Crippen LogP contribution >= 0.6 is 11.3 Å². The summed E-state index contributed by atoms with van der Waals surface area (Å²) in [4.78, 5) is 16.7. The van der Waals surface area contributed by atoms with E-state index in [-0.39, 0.29) is 11.9 Å². The van der Waals surface area contributed by atoms with Gasteiger partial charge in [-0.25, -0.2) is 4.68 Å². The number of ether oxygens (including phenoxy) is 1. The van der Waals surface area contributed by atoms with Gasteiger partial charge in [-0.2, -0.15) is 5.10 Å². The molecule has 1 N–H and O–H groups in total. The summed E-state index contributed by atoms with van der Waals surface area (Å²) >= 11 is 1.59. The number of piperidine rings is 1. The second-order valence-corrected chi connectivity index (χ2v) is 9.03. The monoisotopic (exact) mass is 458 g/mol. The molecule has 33 heavy (non-hydrogen) atoms. The summed E-state index contributed by atoms with van der Waals surface area (Å²) in [5.74, 6) is 0.793. The highest BCUT2D eigenvalue weighted by Gasteiger charge is 2.25. The van der Waals surface area contributed by atoms with Crippen molar-refractivity contribution in [2.75, 3.05) is 25.1 Å². The van der Waals surface area contributed by atoms with Crippen molar-refractivity contribution in [3.63, 3.8) is 0 Å². The quantitative estimate of drug-likeness (QED) is 0.441. The lowest BCUT2D eigenvalue weighted by molar-refractivity contribution is 0.0932. The SMILES string of the molecule is COc1ccc(N2CCC(NC(=O)c3cn(-c4ccccc4)nc3-c3cccs3)CC2)cc1. The lowest BCUT2D eigenvalue weighted by atomic mass is 10.0. The van der Waals surface area contributed by atoms with Crippen LogP contribution in [0.2, 0.25) is 0 Å². The Morgan fingerprint density at radius 2 is 1.76 bits per heavy atom. The molecular formula is C26H26N4O2S. The van der Waals surface area contributed by atoms with Crippen LogP contribution in [0.15, 0.2) is 78.3 Å². The van der Waals surface area contributed by atoms with Gasteiger partial charge in [0.2, 0.25) is 0 Å². The first-order valence-corrected chi connectivity index (χ1v) is 12.0. The minimum atomic E-state index is -0.0662. The van der Waals surface area contributed by atoms with Gasteiger partial charge in [0.05, 0.1) is 23.2 Å². The van der Waals surface area contributed by atoms with Crippen LogP contribution in [0.4, 0.5) is 5.69 Å².